The van der Waals surface area contributed by atoms with E-state index < -0.39 is 43.9 Å². The van der Waals surface area contributed by atoms with Crippen molar-refractivity contribution in [2.24, 2.45) is 0 Å². The van der Waals surface area contributed by atoms with Gasteiger partial charge in [0.1, 0.15) is 28.9 Å². The third kappa shape index (κ3) is 4.30. The van der Waals surface area contributed by atoms with Gasteiger partial charge in [-0.2, -0.15) is 23.7 Å². The molecule has 0 fully saturated rings. The number of nitriles is 2. The monoisotopic (exact) mass is 396 g/mol. The minimum atomic E-state index is -5.14. The summed E-state index contributed by atoms with van der Waals surface area (Å²) in [5.74, 6) is -2.30. The molecule has 5 nitrogen and oxygen atoms in total. The second-order valence-corrected chi connectivity index (χ2v) is 6.52. The molecule has 0 aliphatic heterocycles. The first-order chi connectivity index (χ1) is 12.6. The van der Waals surface area contributed by atoms with Crippen molar-refractivity contribution < 1.29 is 31.3 Å². The number of halogens is 4. The molecule has 10 heteroatoms. The predicted octanol–water partition coefficient (Wildman–Crippen LogP) is 4.19. The van der Waals surface area contributed by atoms with Crippen molar-refractivity contribution in [3.8, 4) is 23.6 Å². The van der Waals surface area contributed by atoms with Gasteiger partial charge in [0.2, 0.25) is 0 Å². The molecule has 1 unspecified atom stereocenters. The summed E-state index contributed by atoms with van der Waals surface area (Å²) in [6, 6.07) is 7.86. The van der Waals surface area contributed by atoms with Gasteiger partial charge in [-0.05, 0) is 31.2 Å². The van der Waals surface area contributed by atoms with Crippen LogP contribution in [0.25, 0.3) is 0 Å². The normalized spacial score (nSPS) is 12.0. The average Bonchev–Trinajstić information content (AvgIpc) is 2.59. The van der Waals surface area contributed by atoms with Crippen LogP contribution < -0.4 is 4.74 Å². The summed E-state index contributed by atoms with van der Waals surface area (Å²) < 4.78 is 68.8. The maximum Gasteiger partial charge on any atom is 0.475 e. The molecule has 27 heavy (non-hydrogen) atoms. The van der Waals surface area contributed by atoms with E-state index in [0.717, 1.165) is 37.3 Å². The molecule has 0 bridgehead atoms. The molecule has 138 valence electrons. The molecule has 0 spiro atoms. The van der Waals surface area contributed by atoms with Gasteiger partial charge in [0.15, 0.2) is 16.6 Å². The van der Waals surface area contributed by atoms with E-state index >= 15 is 0 Å². The van der Waals surface area contributed by atoms with Crippen molar-refractivity contribution in [1.82, 2.24) is 0 Å². The smallest absolute Gasteiger partial charge is 0.456 e. The summed E-state index contributed by atoms with van der Waals surface area (Å²) in [6.07, 6.45) is 0. The van der Waals surface area contributed by atoms with Crippen LogP contribution in [0.15, 0.2) is 35.2 Å². The molecule has 0 aliphatic rings. The molecule has 0 amide bonds. The molecule has 2 aromatic carbocycles. The molecule has 0 radical (unpaired) electrons. The maximum atomic E-state index is 13.5. The van der Waals surface area contributed by atoms with Gasteiger partial charge in [0, 0.05) is 6.07 Å². The summed E-state index contributed by atoms with van der Waals surface area (Å²) in [4.78, 5) is 10.9. The van der Waals surface area contributed by atoms with Gasteiger partial charge in [-0.3, -0.25) is 4.79 Å². The van der Waals surface area contributed by atoms with Crippen molar-refractivity contribution >= 4 is 16.6 Å². The van der Waals surface area contributed by atoms with Crippen LogP contribution in [0.4, 0.5) is 17.6 Å². The number of Topliss-reactive ketones (excluding diaryl/α,β-unsaturated/α-hetero) is 1. The molecule has 2 rings (SSSR count). The van der Waals surface area contributed by atoms with Gasteiger partial charge in [-0.1, -0.05) is 0 Å². The number of hydrogen-bond acceptors (Lipinski definition) is 5. The lowest BCUT2D eigenvalue weighted by molar-refractivity contribution is -0.0384. The number of carbonyl (C=O) groups is 1. The lowest BCUT2D eigenvalue weighted by Gasteiger charge is -2.14. The van der Waals surface area contributed by atoms with Gasteiger partial charge in [0.25, 0.3) is 0 Å². The zero-order chi connectivity index (χ0) is 20.4. The molecule has 1 atom stereocenters. The standard InChI is InChI=1S/C17H8F4N2O3S/c1-9(24)16-13(8-23)14(2-3-15(16)27(25)17(19,20)21)26-12-5-10(7-22)4-11(18)6-12/h2-6H,1H3. The molecule has 0 saturated carbocycles. The summed E-state index contributed by atoms with van der Waals surface area (Å²) in [5.41, 5.74) is -6.52. The fourth-order valence-electron chi connectivity index (χ4n) is 2.20. The Labute approximate surface area is 152 Å². The van der Waals surface area contributed by atoms with E-state index in [2.05, 4.69) is 0 Å². The fraction of sp³-hybridized carbons (Fsp3) is 0.118. The van der Waals surface area contributed by atoms with Crippen molar-refractivity contribution in [2.75, 3.05) is 0 Å². The number of carbonyl (C=O) groups excluding carboxylic acids is 1. The fourth-order valence-corrected chi connectivity index (χ4v) is 3.07. The van der Waals surface area contributed by atoms with Gasteiger partial charge in [-0.15, -0.1) is 0 Å². The molecular formula is C17H8F4N2O3S. The molecule has 0 saturated heterocycles. The minimum Gasteiger partial charge on any atom is -0.456 e. The third-order valence-electron chi connectivity index (χ3n) is 3.23. The molecule has 2 aromatic rings. The average molecular weight is 396 g/mol. The van der Waals surface area contributed by atoms with E-state index in [9.17, 15) is 31.8 Å². The third-order valence-corrected chi connectivity index (χ3v) is 4.39. The lowest BCUT2D eigenvalue weighted by atomic mass is 10.0. The Morgan fingerprint density at radius 1 is 1.15 bits per heavy atom. The number of benzene rings is 2. The van der Waals surface area contributed by atoms with Crippen molar-refractivity contribution in [1.29, 1.82) is 10.5 Å². The Morgan fingerprint density at radius 2 is 1.81 bits per heavy atom. The minimum absolute atomic E-state index is 0.0925. The van der Waals surface area contributed by atoms with E-state index in [0.29, 0.717) is 0 Å². The van der Waals surface area contributed by atoms with E-state index in [1.807, 2.05) is 0 Å². The summed E-state index contributed by atoms with van der Waals surface area (Å²) in [6.45, 7) is 0.910. The van der Waals surface area contributed by atoms with Crippen molar-refractivity contribution in [3.63, 3.8) is 0 Å². The van der Waals surface area contributed by atoms with Crippen LogP contribution in [0.3, 0.4) is 0 Å². The molecule has 0 N–H and O–H groups in total. The van der Waals surface area contributed by atoms with Gasteiger partial charge < -0.3 is 4.74 Å². The highest BCUT2D eigenvalue weighted by Gasteiger charge is 2.40. The highest BCUT2D eigenvalue weighted by Crippen LogP contribution is 2.35. The Morgan fingerprint density at radius 3 is 2.33 bits per heavy atom. The SMILES string of the molecule is CC(=O)c1c(S(=O)C(F)(F)F)ccc(Oc2cc(F)cc(C#N)c2)c1C#N. The van der Waals surface area contributed by atoms with Gasteiger partial charge >= 0.3 is 5.51 Å². The summed E-state index contributed by atoms with van der Waals surface area (Å²) in [5, 5.41) is 18.1. The van der Waals surface area contributed by atoms with E-state index in [-0.39, 0.29) is 17.1 Å². The van der Waals surface area contributed by atoms with E-state index in [1.165, 1.54) is 0 Å². The number of rotatable bonds is 4. The molecule has 0 aliphatic carbocycles. The number of ketones is 1. The summed E-state index contributed by atoms with van der Waals surface area (Å²) in [7, 11) is -3.54. The van der Waals surface area contributed by atoms with Crippen molar-refractivity contribution in [2.45, 2.75) is 17.3 Å². The predicted molar refractivity (Wildman–Crippen MR) is 84.8 cm³/mol. The number of ether oxygens (including phenoxy) is 1. The lowest BCUT2D eigenvalue weighted by Crippen LogP contribution is -2.19. The van der Waals surface area contributed by atoms with Crippen molar-refractivity contribution in [3.05, 3.63) is 52.8 Å². The number of nitrogens with zero attached hydrogens (tertiary/aromatic N) is 2. The largest absolute Gasteiger partial charge is 0.475 e. The zero-order valence-electron chi connectivity index (χ0n) is 13.4. The van der Waals surface area contributed by atoms with E-state index in [1.54, 1.807) is 12.1 Å². The first kappa shape index (κ1) is 20.1. The Kier molecular flexibility index (Phi) is 5.62. The number of alkyl halides is 3. The van der Waals surface area contributed by atoms with Gasteiger partial charge in [-0.25, -0.2) is 8.60 Å². The maximum absolute atomic E-state index is 13.5. The Balaban J connectivity index is 2.64. The first-order valence-electron chi connectivity index (χ1n) is 7.03. The molecule has 0 aromatic heterocycles. The molecule has 0 heterocycles. The zero-order valence-corrected chi connectivity index (χ0v) is 14.2. The van der Waals surface area contributed by atoms with Gasteiger partial charge in [0.05, 0.1) is 22.1 Å². The van der Waals surface area contributed by atoms with Crippen LogP contribution in [0.1, 0.15) is 28.4 Å². The van der Waals surface area contributed by atoms with Crippen LogP contribution >= 0.6 is 0 Å². The molecular weight excluding hydrogens is 388 g/mol. The topological polar surface area (TPSA) is 90.9 Å². The van der Waals surface area contributed by atoms with Crippen LogP contribution in [0.2, 0.25) is 0 Å². The van der Waals surface area contributed by atoms with Crippen LogP contribution in [0.5, 0.6) is 11.5 Å². The Hall–Kier alpha value is -3.24. The highest BCUT2D eigenvalue weighted by molar-refractivity contribution is 7.86. The second kappa shape index (κ2) is 7.56. The highest BCUT2D eigenvalue weighted by atomic mass is 32.2. The summed E-state index contributed by atoms with van der Waals surface area (Å²) >= 11 is 0. The second-order valence-electron chi connectivity index (χ2n) is 5.08. The van der Waals surface area contributed by atoms with Crippen LogP contribution in [-0.2, 0) is 10.8 Å². The van der Waals surface area contributed by atoms with Crippen LogP contribution in [0, 0.1) is 28.5 Å². The van der Waals surface area contributed by atoms with E-state index in [4.69, 9.17) is 10.00 Å². The van der Waals surface area contributed by atoms with Crippen LogP contribution in [-0.4, -0.2) is 15.5 Å². The first-order valence-corrected chi connectivity index (χ1v) is 8.18. The quantitative estimate of drug-likeness (QED) is 0.571. The number of hydrogen-bond donors (Lipinski definition) is 0. The Bertz CT molecular complexity index is 1040.